The molecular weight excluding hydrogens is 250 g/mol. The minimum absolute atomic E-state index is 0.150. The summed E-state index contributed by atoms with van der Waals surface area (Å²) in [5.74, 6) is -0.476. The second kappa shape index (κ2) is 4.85. The van der Waals surface area contributed by atoms with Gasteiger partial charge in [0.2, 0.25) is 0 Å². The zero-order chi connectivity index (χ0) is 10.6. The normalized spacial score (nSPS) is 9.57. The maximum Gasteiger partial charge on any atom is 0.339 e. The van der Waals surface area contributed by atoms with Crippen LogP contribution in [0.1, 0.15) is 15.9 Å². The summed E-state index contributed by atoms with van der Waals surface area (Å²) in [6, 6.07) is 0. The van der Waals surface area contributed by atoms with Gasteiger partial charge in [-0.1, -0.05) is 0 Å². The van der Waals surface area contributed by atoms with Gasteiger partial charge in [0.1, 0.15) is 6.29 Å². The number of carbonyl (C=O) groups is 2. The number of aldehydes is 1. The molecule has 74 valence electrons. The Hall–Kier alpha value is -1.23. The van der Waals surface area contributed by atoms with Gasteiger partial charge in [-0.05, 0) is 21.5 Å². The third kappa shape index (κ3) is 2.17. The highest BCUT2D eigenvalue weighted by Gasteiger charge is 2.15. The minimum Gasteiger partial charge on any atom is -0.465 e. The van der Waals surface area contributed by atoms with Crippen molar-refractivity contribution in [3.63, 3.8) is 0 Å². The monoisotopic (exact) mass is 257 g/mol. The van der Waals surface area contributed by atoms with Crippen molar-refractivity contribution in [3.05, 3.63) is 28.0 Å². The van der Waals surface area contributed by atoms with E-state index >= 15 is 0 Å². The first-order valence-electron chi connectivity index (χ1n) is 3.85. The van der Waals surface area contributed by atoms with Gasteiger partial charge < -0.3 is 9.53 Å². The molecule has 0 fully saturated rings. The van der Waals surface area contributed by atoms with Crippen LogP contribution in [0.4, 0.5) is 0 Å². The first-order chi connectivity index (χ1) is 6.70. The van der Waals surface area contributed by atoms with E-state index in [-0.39, 0.29) is 6.42 Å². The van der Waals surface area contributed by atoms with Crippen LogP contribution in [0.2, 0.25) is 0 Å². The van der Waals surface area contributed by atoms with Crippen molar-refractivity contribution in [2.24, 2.45) is 0 Å². The molecule has 1 aromatic rings. The van der Waals surface area contributed by atoms with E-state index in [1.165, 1.54) is 19.5 Å². The van der Waals surface area contributed by atoms with Gasteiger partial charge in [0.15, 0.2) is 0 Å². The molecule has 5 heteroatoms. The summed E-state index contributed by atoms with van der Waals surface area (Å²) in [4.78, 5) is 25.6. The summed E-state index contributed by atoms with van der Waals surface area (Å²) in [5.41, 5.74) is 0.913. The molecule has 0 amide bonds. The zero-order valence-corrected chi connectivity index (χ0v) is 9.08. The molecule has 0 aliphatic rings. The lowest BCUT2D eigenvalue weighted by Gasteiger charge is -2.06. The Bertz CT molecular complexity index is 365. The number of aromatic nitrogens is 1. The fraction of sp³-hybridized carbons (Fsp3) is 0.222. The molecule has 1 heterocycles. The highest BCUT2D eigenvalue weighted by molar-refractivity contribution is 9.10. The molecule has 0 saturated carbocycles. The molecule has 0 spiro atoms. The third-order valence-corrected chi connectivity index (χ3v) is 2.27. The number of nitrogens with zero attached hydrogens (tertiary/aromatic N) is 1. The van der Waals surface area contributed by atoms with Crippen molar-refractivity contribution >= 4 is 28.2 Å². The lowest BCUT2D eigenvalue weighted by atomic mass is 10.1. The standard InChI is InChI=1S/C9H8BrNO3/c1-14-9(13)8-6(2-3-12)4-11-5-7(8)10/h3-5H,2H2,1H3. The molecule has 0 atom stereocenters. The molecule has 0 N–H and O–H groups in total. The van der Waals surface area contributed by atoms with Crippen LogP contribution in [0.25, 0.3) is 0 Å². The molecule has 0 aliphatic heterocycles. The van der Waals surface area contributed by atoms with E-state index < -0.39 is 5.97 Å². The van der Waals surface area contributed by atoms with Crippen LogP contribution in [0.3, 0.4) is 0 Å². The van der Waals surface area contributed by atoms with Crippen molar-refractivity contribution in [3.8, 4) is 0 Å². The number of carbonyl (C=O) groups excluding carboxylic acids is 2. The predicted octanol–water partition coefficient (Wildman–Crippen LogP) is 1.37. The van der Waals surface area contributed by atoms with Crippen LogP contribution in [0, 0.1) is 0 Å². The van der Waals surface area contributed by atoms with Crippen LogP contribution >= 0.6 is 15.9 Å². The summed E-state index contributed by atoms with van der Waals surface area (Å²) in [7, 11) is 1.29. The molecule has 14 heavy (non-hydrogen) atoms. The van der Waals surface area contributed by atoms with Crippen molar-refractivity contribution < 1.29 is 14.3 Å². The van der Waals surface area contributed by atoms with Crippen molar-refractivity contribution in [2.75, 3.05) is 7.11 Å². The Morgan fingerprint density at radius 2 is 2.36 bits per heavy atom. The van der Waals surface area contributed by atoms with E-state index in [2.05, 4.69) is 25.7 Å². The molecule has 0 bridgehead atoms. The number of pyridine rings is 1. The molecule has 0 aromatic carbocycles. The van der Waals surface area contributed by atoms with E-state index in [0.29, 0.717) is 15.6 Å². The molecule has 0 radical (unpaired) electrons. The van der Waals surface area contributed by atoms with Crippen LogP contribution in [-0.4, -0.2) is 24.3 Å². The maximum absolute atomic E-state index is 11.3. The third-order valence-electron chi connectivity index (χ3n) is 1.67. The largest absolute Gasteiger partial charge is 0.465 e. The molecule has 1 rings (SSSR count). The predicted molar refractivity (Wildman–Crippen MR) is 53.0 cm³/mol. The number of ether oxygens (including phenoxy) is 1. The minimum atomic E-state index is -0.476. The summed E-state index contributed by atoms with van der Waals surface area (Å²) >= 11 is 3.18. The maximum atomic E-state index is 11.3. The van der Waals surface area contributed by atoms with E-state index in [4.69, 9.17) is 0 Å². The van der Waals surface area contributed by atoms with Crippen LogP contribution in [0.5, 0.6) is 0 Å². The number of halogens is 1. The summed E-state index contributed by atoms with van der Waals surface area (Å²) in [6.45, 7) is 0. The number of esters is 1. The Morgan fingerprint density at radius 1 is 1.64 bits per heavy atom. The first kappa shape index (κ1) is 10.8. The van der Waals surface area contributed by atoms with E-state index in [9.17, 15) is 9.59 Å². The lowest BCUT2D eigenvalue weighted by Crippen LogP contribution is -2.08. The van der Waals surface area contributed by atoms with Gasteiger partial charge in [0.05, 0.1) is 17.1 Å². The van der Waals surface area contributed by atoms with Gasteiger partial charge in [-0.2, -0.15) is 0 Å². The van der Waals surface area contributed by atoms with Crippen LogP contribution in [0.15, 0.2) is 16.9 Å². The average Bonchev–Trinajstić information content (AvgIpc) is 2.18. The average molecular weight is 258 g/mol. The zero-order valence-electron chi connectivity index (χ0n) is 7.49. The molecule has 0 aliphatic carbocycles. The Morgan fingerprint density at radius 3 is 2.93 bits per heavy atom. The van der Waals surface area contributed by atoms with E-state index in [0.717, 1.165) is 6.29 Å². The van der Waals surface area contributed by atoms with Gasteiger partial charge in [0.25, 0.3) is 0 Å². The highest BCUT2D eigenvalue weighted by atomic mass is 79.9. The van der Waals surface area contributed by atoms with Crippen molar-refractivity contribution in [1.29, 1.82) is 0 Å². The van der Waals surface area contributed by atoms with Crippen molar-refractivity contribution in [1.82, 2.24) is 4.98 Å². The number of rotatable bonds is 3. The SMILES string of the molecule is COC(=O)c1c(Br)cncc1CC=O. The molecule has 0 unspecified atom stereocenters. The highest BCUT2D eigenvalue weighted by Crippen LogP contribution is 2.20. The quantitative estimate of drug-likeness (QED) is 0.607. The Labute approximate surface area is 89.4 Å². The molecule has 0 saturated heterocycles. The van der Waals surface area contributed by atoms with E-state index in [1.54, 1.807) is 0 Å². The lowest BCUT2D eigenvalue weighted by molar-refractivity contribution is -0.107. The van der Waals surface area contributed by atoms with Crippen LogP contribution < -0.4 is 0 Å². The topological polar surface area (TPSA) is 56.3 Å². The fourth-order valence-corrected chi connectivity index (χ4v) is 1.59. The number of hydrogen-bond acceptors (Lipinski definition) is 4. The Balaban J connectivity index is 3.21. The summed E-state index contributed by atoms with van der Waals surface area (Å²) < 4.78 is 5.12. The van der Waals surface area contributed by atoms with Gasteiger partial charge in [-0.15, -0.1) is 0 Å². The molecular formula is C9H8BrNO3. The first-order valence-corrected chi connectivity index (χ1v) is 4.64. The smallest absolute Gasteiger partial charge is 0.339 e. The van der Waals surface area contributed by atoms with Gasteiger partial charge in [-0.3, -0.25) is 4.98 Å². The van der Waals surface area contributed by atoms with Gasteiger partial charge in [-0.25, -0.2) is 4.79 Å². The second-order valence-electron chi connectivity index (χ2n) is 2.52. The summed E-state index contributed by atoms with van der Waals surface area (Å²) in [5, 5.41) is 0. The number of hydrogen-bond donors (Lipinski definition) is 0. The van der Waals surface area contributed by atoms with Crippen LogP contribution in [-0.2, 0) is 16.0 Å². The van der Waals surface area contributed by atoms with Gasteiger partial charge >= 0.3 is 5.97 Å². The second-order valence-corrected chi connectivity index (χ2v) is 3.37. The summed E-state index contributed by atoms with van der Waals surface area (Å²) in [6.07, 6.45) is 3.83. The molecule has 4 nitrogen and oxygen atoms in total. The fourth-order valence-electron chi connectivity index (χ4n) is 1.05. The van der Waals surface area contributed by atoms with E-state index in [1.807, 2.05) is 0 Å². The molecule has 1 aromatic heterocycles. The Kier molecular flexibility index (Phi) is 3.76. The van der Waals surface area contributed by atoms with Gasteiger partial charge in [0, 0.05) is 18.8 Å². The number of methoxy groups -OCH3 is 1. The van der Waals surface area contributed by atoms with Crippen molar-refractivity contribution in [2.45, 2.75) is 6.42 Å².